The molecule has 0 aliphatic carbocycles. The molecule has 110 valence electrons. The second-order valence-corrected chi connectivity index (χ2v) is 31.2. The molecule has 0 spiro atoms. The molecule has 0 rings (SSSR count). The van der Waals surface area contributed by atoms with Crippen LogP contribution in [0.15, 0.2) is 0 Å². The van der Waals surface area contributed by atoms with Crippen LogP contribution in [0.3, 0.4) is 0 Å². The molecule has 0 atom stereocenters. The molecule has 8 heteroatoms. The molecule has 0 fully saturated rings. The maximum absolute atomic E-state index is 2.33. The Kier molecular flexibility index (Phi) is 113. The fraction of sp³-hybridized carbons (Fsp3) is 1.00. The summed E-state index contributed by atoms with van der Waals surface area (Å²) in [6.45, 7) is 0. The molecule has 0 bridgehead atoms. The molecule has 0 aromatic heterocycles. The summed E-state index contributed by atoms with van der Waals surface area (Å²) in [7, 11) is 0. The van der Waals surface area contributed by atoms with Gasteiger partial charge in [0.15, 0.2) is 0 Å². The van der Waals surface area contributed by atoms with Gasteiger partial charge in [-0.05, 0) is 0 Å². The van der Waals surface area contributed by atoms with Crippen LogP contribution >= 0.6 is 0 Å². The van der Waals surface area contributed by atoms with Crippen LogP contribution in [0.2, 0.25) is 69.1 Å². The molecule has 0 unspecified atom stereocenters. The third-order valence-corrected chi connectivity index (χ3v) is 0. The van der Waals surface area contributed by atoms with Gasteiger partial charge in [-0.3, -0.25) is 0 Å². The summed E-state index contributed by atoms with van der Waals surface area (Å²) < 4.78 is 0. The molecular weight excluding hydrogens is 658 g/mol. The first-order valence-electron chi connectivity index (χ1n) is 6.00. The number of hydrogen-bond acceptors (Lipinski definition) is 0. The van der Waals surface area contributed by atoms with Gasteiger partial charge in [-0.15, -0.1) is 0 Å². The van der Waals surface area contributed by atoms with Gasteiger partial charge in [-0.25, -0.2) is 0 Å². The molecule has 20 heavy (non-hydrogen) atoms. The van der Waals surface area contributed by atoms with Crippen LogP contribution in [0.4, 0.5) is 0 Å². The summed E-state index contributed by atoms with van der Waals surface area (Å²) in [6, 6.07) is 0. The second kappa shape index (κ2) is 44.7. The summed E-state index contributed by atoms with van der Waals surface area (Å²) in [5, 5.41) is 0. The fourth-order valence-electron chi connectivity index (χ4n) is 0. The van der Waals surface area contributed by atoms with Crippen molar-refractivity contribution < 1.29 is 0 Å². The molecular formula is C12H36Ge6K2. The topological polar surface area (TPSA) is 0 Å². The Morgan fingerprint density at radius 2 is 0.300 bits per heavy atom. The Labute approximate surface area is 257 Å². The van der Waals surface area contributed by atoms with Crippen LogP contribution in [0.25, 0.3) is 0 Å². The predicted molar refractivity (Wildman–Crippen MR) is 116 cm³/mol. The van der Waals surface area contributed by atoms with Crippen LogP contribution in [-0.4, -0.2) is 195 Å². The van der Waals surface area contributed by atoms with E-state index in [2.05, 4.69) is 69.1 Å². The zero-order chi connectivity index (χ0) is 14.3. The van der Waals surface area contributed by atoms with Gasteiger partial charge in [0.1, 0.15) is 0 Å². The van der Waals surface area contributed by atoms with Crippen molar-refractivity contribution >= 4 is 195 Å². The van der Waals surface area contributed by atoms with Gasteiger partial charge >= 0.3 is 126 Å². The Bertz CT molecular complexity index is 68.9. The van der Waals surface area contributed by atoms with Crippen LogP contribution in [0, 0.1) is 0 Å². The quantitative estimate of drug-likeness (QED) is 0.338. The Morgan fingerprint density at radius 1 is 0.300 bits per heavy atom. The molecule has 0 nitrogen and oxygen atoms in total. The van der Waals surface area contributed by atoms with Crippen molar-refractivity contribution in [3.63, 3.8) is 0 Å². The third-order valence-electron chi connectivity index (χ3n) is 0. The maximum Gasteiger partial charge on any atom is 0 e. The summed E-state index contributed by atoms with van der Waals surface area (Å²) >= 11 is -1.33. The van der Waals surface area contributed by atoms with E-state index in [1.807, 2.05) is 0 Å². The first-order chi connectivity index (χ1) is 6.93. The van der Waals surface area contributed by atoms with Gasteiger partial charge in [-0.1, -0.05) is 0 Å². The summed E-state index contributed by atoms with van der Waals surface area (Å²) in [4.78, 5) is 0. The monoisotopic (exact) mass is 702 g/mol. The van der Waals surface area contributed by atoms with E-state index in [0.29, 0.717) is 0 Å². The van der Waals surface area contributed by atoms with Gasteiger partial charge in [0.2, 0.25) is 0 Å². The van der Waals surface area contributed by atoms with Gasteiger partial charge in [0, 0.05) is 138 Å². The summed E-state index contributed by atoms with van der Waals surface area (Å²) in [5.74, 6) is 28.0. The Morgan fingerprint density at radius 3 is 0.300 bits per heavy atom. The minimum atomic E-state index is -0.333. The van der Waals surface area contributed by atoms with Gasteiger partial charge in [0.25, 0.3) is 0 Å². The molecule has 0 amide bonds. The standard InChI is InChI=1S/4C3H9Ge.2Ge.2K/c4*1-4(2)3;;;;/h4*1-3H3;;;;. The maximum atomic E-state index is 2.33. The molecule has 0 saturated carbocycles. The van der Waals surface area contributed by atoms with E-state index >= 15 is 0 Å². The molecule has 0 aromatic rings. The second-order valence-electron chi connectivity index (χ2n) is 6.00. The Hall–Kier alpha value is 6.53. The van der Waals surface area contributed by atoms with Gasteiger partial charge in [-0.2, -0.15) is 0 Å². The van der Waals surface area contributed by atoms with Gasteiger partial charge < -0.3 is 0 Å². The minimum absolute atomic E-state index is 0. The largest absolute Gasteiger partial charge is 0 e. The smallest absolute Gasteiger partial charge is 0 e. The molecule has 0 aliphatic rings. The summed E-state index contributed by atoms with van der Waals surface area (Å²) in [5.41, 5.74) is 0. The van der Waals surface area contributed by atoms with Crippen molar-refractivity contribution in [3.8, 4) is 0 Å². The zero-order valence-corrected chi connectivity index (χ0v) is 35.8. The van der Waals surface area contributed by atoms with E-state index in [4.69, 9.17) is 0 Å². The van der Waals surface area contributed by atoms with Crippen LogP contribution in [-0.2, 0) is 0 Å². The average molecular weight is 694 g/mol. The third kappa shape index (κ3) is 319. The van der Waals surface area contributed by atoms with E-state index in [-0.39, 0.29) is 195 Å². The normalized spacial score (nSPS) is 7.20. The Balaban J connectivity index is -0.0000000150. The van der Waals surface area contributed by atoms with Crippen molar-refractivity contribution in [2.24, 2.45) is 0 Å². The van der Waals surface area contributed by atoms with Crippen LogP contribution in [0.5, 0.6) is 0 Å². The van der Waals surface area contributed by atoms with Crippen molar-refractivity contribution in [3.05, 3.63) is 0 Å². The zero-order valence-electron chi connectivity index (χ0n) is 17.0. The van der Waals surface area contributed by atoms with E-state index < -0.39 is 0 Å². The fourth-order valence-corrected chi connectivity index (χ4v) is 0. The molecule has 0 saturated heterocycles. The van der Waals surface area contributed by atoms with Gasteiger partial charge in [0.05, 0.1) is 0 Å². The predicted octanol–water partition coefficient (Wildman–Crippen LogP) is 3.96. The SMILES string of the molecule is [CH3][Ge]([CH3])[CH3].[CH3][Ge]([CH3])[CH3].[CH3][Ge]([CH3])[CH3].[CH3][Ge]([CH3])[CH3].[Ge].[Ge].[K].[K]. The van der Waals surface area contributed by atoms with E-state index in [0.717, 1.165) is 0 Å². The van der Waals surface area contributed by atoms with E-state index in [1.54, 1.807) is 0 Å². The van der Waals surface area contributed by atoms with Crippen molar-refractivity contribution in [1.82, 2.24) is 0 Å². The minimum Gasteiger partial charge on any atom is 0 e. The van der Waals surface area contributed by atoms with Crippen molar-refractivity contribution in [2.45, 2.75) is 69.1 Å². The molecule has 0 aliphatic heterocycles. The van der Waals surface area contributed by atoms with Crippen LogP contribution < -0.4 is 0 Å². The molecule has 14 radical (unpaired) electrons. The number of rotatable bonds is 0. The molecule has 0 N–H and O–H groups in total. The van der Waals surface area contributed by atoms with Crippen molar-refractivity contribution in [2.75, 3.05) is 0 Å². The van der Waals surface area contributed by atoms with Crippen molar-refractivity contribution in [1.29, 1.82) is 0 Å². The van der Waals surface area contributed by atoms with Crippen LogP contribution in [0.1, 0.15) is 0 Å². The molecule has 0 heterocycles. The average Bonchev–Trinajstić information content (AvgIpc) is 1.76. The van der Waals surface area contributed by atoms with E-state index in [9.17, 15) is 0 Å². The van der Waals surface area contributed by atoms with E-state index in [1.165, 1.54) is 0 Å². The first-order valence-corrected chi connectivity index (χ1v) is 31.2. The summed E-state index contributed by atoms with van der Waals surface area (Å²) in [6.07, 6.45) is 0. The first kappa shape index (κ1) is 50.4. The molecule has 0 aromatic carbocycles. The number of hydrogen-bond donors (Lipinski definition) is 0.